The van der Waals surface area contributed by atoms with E-state index in [0.717, 1.165) is 52.4 Å². The van der Waals surface area contributed by atoms with E-state index in [1.54, 1.807) is 0 Å². The van der Waals surface area contributed by atoms with Crippen LogP contribution in [0.1, 0.15) is 27.7 Å². The van der Waals surface area contributed by atoms with Gasteiger partial charge in [-0.15, -0.1) is 12.6 Å². The van der Waals surface area contributed by atoms with Crippen LogP contribution in [0.25, 0.3) is 0 Å². The van der Waals surface area contributed by atoms with E-state index in [1.807, 2.05) is 0 Å². The van der Waals surface area contributed by atoms with Crippen LogP contribution in [-0.2, 0) is 0 Å². The van der Waals surface area contributed by atoms with Gasteiger partial charge in [-0.05, 0) is 26.2 Å². The smallest absolute Gasteiger partial charge is 0.133 e. The van der Waals surface area contributed by atoms with E-state index in [-0.39, 0.29) is 0 Å². The number of hydrogen-bond donors (Lipinski definition) is 1. The molecule has 0 aliphatic carbocycles. The lowest BCUT2D eigenvalue weighted by Gasteiger charge is -2.29. The van der Waals surface area contributed by atoms with Crippen LogP contribution < -0.4 is 0 Å². The highest BCUT2D eigenvalue weighted by molar-refractivity contribution is 8.10. The molecule has 0 aromatic heterocycles. The molecule has 0 saturated heterocycles. The first-order valence-corrected chi connectivity index (χ1v) is 7.87. The summed E-state index contributed by atoms with van der Waals surface area (Å²) in [4.78, 5) is 7.03. The van der Waals surface area contributed by atoms with Gasteiger partial charge in [0.25, 0.3) is 0 Å². The van der Waals surface area contributed by atoms with Gasteiger partial charge in [0.15, 0.2) is 0 Å². The number of nitrogens with zero attached hydrogens (tertiary/aromatic N) is 3. The van der Waals surface area contributed by atoms with Gasteiger partial charge in [0.1, 0.15) is 4.32 Å². The Kier molecular flexibility index (Phi) is 11.1. The van der Waals surface area contributed by atoms with Crippen molar-refractivity contribution in [2.45, 2.75) is 27.7 Å². The molecule has 0 bridgehead atoms. The van der Waals surface area contributed by atoms with Crippen LogP contribution in [0.15, 0.2) is 0 Å². The quantitative estimate of drug-likeness (QED) is 0.488. The van der Waals surface area contributed by atoms with Crippen molar-refractivity contribution in [3.63, 3.8) is 0 Å². The van der Waals surface area contributed by atoms with Crippen molar-refractivity contribution in [1.82, 2.24) is 14.7 Å². The van der Waals surface area contributed by atoms with Gasteiger partial charge in [-0.3, -0.25) is 0 Å². The van der Waals surface area contributed by atoms with Crippen LogP contribution in [0.4, 0.5) is 0 Å². The Labute approximate surface area is 124 Å². The van der Waals surface area contributed by atoms with E-state index in [0.29, 0.717) is 4.32 Å². The first-order valence-electron chi connectivity index (χ1n) is 7.01. The normalized spacial score (nSPS) is 11.3. The van der Waals surface area contributed by atoms with Gasteiger partial charge in [-0.1, -0.05) is 39.9 Å². The number of thiocarbonyl (C=S) groups is 1. The molecule has 0 aromatic rings. The molecule has 0 N–H and O–H groups in total. The van der Waals surface area contributed by atoms with Gasteiger partial charge in [-0.2, -0.15) is 0 Å². The summed E-state index contributed by atoms with van der Waals surface area (Å²) in [5.74, 6) is 0. The Bertz CT molecular complexity index is 200. The molecule has 0 aromatic carbocycles. The standard InChI is InChI=1S/C13H29N3S2/c1-5-14(6-2)9-11-16(13(17)18)12-10-15(7-3)8-4/h5-12H2,1-4H3,(H,17,18). The van der Waals surface area contributed by atoms with E-state index in [9.17, 15) is 0 Å². The van der Waals surface area contributed by atoms with Crippen molar-refractivity contribution in [2.24, 2.45) is 0 Å². The third-order valence-electron chi connectivity index (χ3n) is 3.43. The summed E-state index contributed by atoms with van der Waals surface area (Å²) in [6.07, 6.45) is 0. The fraction of sp³-hybridized carbons (Fsp3) is 0.923. The van der Waals surface area contributed by atoms with Crippen LogP contribution in [0.5, 0.6) is 0 Å². The summed E-state index contributed by atoms with van der Waals surface area (Å²) in [6, 6.07) is 0. The van der Waals surface area contributed by atoms with E-state index in [1.165, 1.54) is 0 Å². The lowest BCUT2D eigenvalue weighted by Crippen LogP contribution is -2.40. The average molecular weight is 292 g/mol. The first kappa shape index (κ1) is 18.2. The van der Waals surface area contributed by atoms with Crippen molar-refractivity contribution < 1.29 is 0 Å². The molecule has 0 aliphatic heterocycles. The lowest BCUT2D eigenvalue weighted by atomic mass is 10.4. The molecule has 18 heavy (non-hydrogen) atoms. The summed E-state index contributed by atoms with van der Waals surface area (Å²) in [5.41, 5.74) is 0. The minimum absolute atomic E-state index is 0.717. The Morgan fingerprint density at radius 1 is 0.778 bits per heavy atom. The molecule has 5 heteroatoms. The van der Waals surface area contributed by atoms with Crippen molar-refractivity contribution in [2.75, 3.05) is 52.4 Å². The molecular weight excluding hydrogens is 262 g/mol. The monoisotopic (exact) mass is 291 g/mol. The highest BCUT2D eigenvalue weighted by Crippen LogP contribution is 2.00. The number of likely N-dealkylation sites (N-methyl/N-ethyl adjacent to an activating group) is 2. The fourth-order valence-corrected chi connectivity index (χ4v) is 2.29. The van der Waals surface area contributed by atoms with E-state index < -0.39 is 0 Å². The van der Waals surface area contributed by atoms with Gasteiger partial charge < -0.3 is 14.7 Å². The van der Waals surface area contributed by atoms with Crippen molar-refractivity contribution in [1.29, 1.82) is 0 Å². The van der Waals surface area contributed by atoms with Crippen LogP contribution in [-0.4, -0.2) is 71.4 Å². The second-order valence-corrected chi connectivity index (χ2v) is 5.44. The Balaban J connectivity index is 4.10. The Hall–Kier alpha value is 0.160. The number of rotatable bonds is 10. The van der Waals surface area contributed by atoms with Gasteiger partial charge in [0, 0.05) is 26.2 Å². The molecule has 0 radical (unpaired) electrons. The highest BCUT2D eigenvalue weighted by Gasteiger charge is 2.09. The van der Waals surface area contributed by atoms with Crippen molar-refractivity contribution >= 4 is 29.2 Å². The number of thiol groups is 1. The van der Waals surface area contributed by atoms with Gasteiger partial charge in [0.2, 0.25) is 0 Å². The molecule has 3 nitrogen and oxygen atoms in total. The molecule has 108 valence electrons. The summed E-state index contributed by atoms with van der Waals surface area (Å²) in [5, 5.41) is 0. The maximum Gasteiger partial charge on any atom is 0.133 e. The van der Waals surface area contributed by atoms with Crippen molar-refractivity contribution in [3.8, 4) is 0 Å². The van der Waals surface area contributed by atoms with Crippen LogP contribution in [0, 0.1) is 0 Å². The molecule has 0 heterocycles. The second kappa shape index (κ2) is 11.0. The maximum atomic E-state index is 5.22. The molecule has 0 aliphatic rings. The topological polar surface area (TPSA) is 9.72 Å². The third-order valence-corrected chi connectivity index (χ3v) is 3.97. The summed E-state index contributed by atoms with van der Waals surface area (Å²) >= 11 is 9.55. The van der Waals surface area contributed by atoms with Gasteiger partial charge >= 0.3 is 0 Å². The molecule has 0 spiro atoms. The summed E-state index contributed by atoms with van der Waals surface area (Å²) < 4.78 is 0.717. The van der Waals surface area contributed by atoms with E-state index in [4.69, 9.17) is 12.2 Å². The first-order chi connectivity index (χ1) is 8.58. The zero-order valence-corrected chi connectivity index (χ0v) is 14.1. The molecular formula is C13H29N3S2. The molecule has 0 amide bonds. The SMILES string of the molecule is CCN(CC)CCN(CCN(CC)CC)C(=S)S. The Morgan fingerprint density at radius 2 is 1.11 bits per heavy atom. The molecule has 0 atom stereocenters. The van der Waals surface area contributed by atoms with Crippen LogP contribution >= 0.6 is 24.8 Å². The second-order valence-electron chi connectivity index (χ2n) is 4.32. The number of hydrogen-bond acceptors (Lipinski definition) is 3. The Morgan fingerprint density at radius 3 is 1.33 bits per heavy atom. The minimum Gasteiger partial charge on any atom is -0.355 e. The van der Waals surface area contributed by atoms with Crippen LogP contribution in [0.3, 0.4) is 0 Å². The lowest BCUT2D eigenvalue weighted by molar-refractivity contribution is 0.240. The largest absolute Gasteiger partial charge is 0.355 e. The molecule has 0 unspecified atom stereocenters. The molecule has 0 saturated carbocycles. The zero-order chi connectivity index (χ0) is 14.0. The average Bonchev–Trinajstić information content (AvgIpc) is 2.37. The summed E-state index contributed by atoms with van der Waals surface area (Å²) in [7, 11) is 0. The highest BCUT2D eigenvalue weighted by atomic mass is 32.1. The minimum atomic E-state index is 0.717. The van der Waals surface area contributed by atoms with Crippen LogP contribution in [0.2, 0.25) is 0 Å². The van der Waals surface area contributed by atoms with E-state index in [2.05, 4.69) is 55.0 Å². The fourth-order valence-electron chi connectivity index (χ4n) is 1.91. The van der Waals surface area contributed by atoms with E-state index >= 15 is 0 Å². The molecule has 0 rings (SSSR count). The third kappa shape index (κ3) is 7.56. The predicted molar refractivity (Wildman–Crippen MR) is 88.7 cm³/mol. The van der Waals surface area contributed by atoms with Gasteiger partial charge in [0.05, 0.1) is 0 Å². The zero-order valence-electron chi connectivity index (χ0n) is 12.4. The predicted octanol–water partition coefficient (Wildman–Crippen LogP) is 2.19. The molecule has 0 fully saturated rings. The van der Waals surface area contributed by atoms with Crippen molar-refractivity contribution in [3.05, 3.63) is 0 Å². The van der Waals surface area contributed by atoms with Gasteiger partial charge in [-0.25, -0.2) is 0 Å². The summed E-state index contributed by atoms with van der Waals surface area (Å²) in [6.45, 7) is 17.3. The maximum absolute atomic E-state index is 5.22.